The predicted octanol–water partition coefficient (Wildman–Crippen LogP) is 4.54. The SMILES string of the molecule is NC1(COc2ccc(-c3nc(Nc4ccc5c(cnn5C5CCCCO5)c4)nn3C3CCCCO3)cc2)COC1. The van der Waals surface area contributed by atoms with E-state index in [1.54, 1.807) is 0 Å². The number of aromatic nitrogens is 5. The maximum absolute atomic E-state index is 6.20. The molecule has 0 aliphatic carbocycles. The van der Waals surface area contributed by atoms with E-state index in [4.69, 9.17) is 34.8 Å². The first kappa shape index (κ1) is 25.5. The second-order valence-corrected chi connectivity index (χ2v) is 11.0. The summed E-state index contributed by atoms with van der Waals surface area (Å²) in [7, 11) is 0. The van der Waals surface area contributed by atoms with Crippen molar-refractivity contribution >= 4 is 22.5 Å². The first-order chi connectivity index (χ1) is 19.6. The van der Waals surface area contributed by atoms with Crippen LogP contribution in [0.3, 0.4) is 0 Å². The molecule has 2 atom stereocenters. The predicted molar refractivity (Wildman–Crippen MR) is 149 cm³/mol. The van der Waals surface area contributed by atoms with Crippen LogP contribution in [0, 0.1) is 0 Å². The smallest absolute Gasteiger partial charge is 0.247 e. The van der Waals surface area contributed by atoms with Crippen LogP contribution in [0.25, 0.3) is 22.3 Å². The zero-order valence-electron chi connectivity index (χ0n) is 22.5. The molecule has 4 aromatic rings. The molecule has 210 valence electrons. The Morgan fingerprint density at radius 3 is 2.38 bits per heavy atom. The number of nitrogens with one attached hydrogen (secondary N) is 1. The van der Waals surface area contributed by atoms with Gasteiger partial charge in [-0.05, 0) is 81.0 Å². The summed E-state index contributed by atoms with van der Waals surface area (Å²) in [5.74, 6) is 2.01. The second-order valence-electron chi connectivity index (χ2n) is 11.0. The van der Waals surface area contributed by atoms with E-state index in [1.165, 1.54) is 0 Å². The third-order valence-electron chi connectivity index (χ3n) is 7.76. The highest BCUT2D eigenvalue weighted by molar-refractivity contribution is 5.83. The summed E-state index contributed by atoms with van der Waals surface area (Å²) in [6.07, 6.45) is 8.04. The molecule has 40 heavy (non-hydrogen) atoms. The van der Waals surface area contributed by atoms with E-state index in [-0.39, 0.29) is 12.5 Å². The number of hydrogen-bond donors (Lipinski definition) is 2. The fourth-order valence-corrected chi connectivity index (χ4v) is 5.47. The molecule has 3 aliphatic rings. The van der Waals surface area contributed by atoms with Gasteiger partial charge in [0.05, 0.1) is 30.5 Å². The summed E-state index contributed by atoms with van der Waals surface area (Å²) in [6.45, 7) is 2.97. The quantitative estimate of drug-likeness (QED) is 0.328. The lowest BCUT2D eigenvalue weighted by Crippen LogP contribution is -2.61. The molecular formula is C29H35N7O4. The van der Waals surface area contributed by atoms with Crippen molar-refractivity contribution in [2.75, 3.05) is 38.4 Å². The molecular weight excluding hydrogens is 510 g/mol. The Hall–Kier alpha value is -3.51. The van der Waals surface area contributed by atoms with Gasteiger partial charge < -0.3 is 30.0 Å². The molecule has 2 aromatic carbocycles. The maximum atomic E-state index is 6.20. The summed E-state index contributed by atoms with van der Waals surface area (Å²) >= 11 is 0. The van der Waals surface area contributed by atoms with Crippen molar-refractivity contribution in [3.8, 4) is 17.1 Å². The van der Waals surface area contributed by atoms with Crippen LogP contribution in [-0.4, -0.2) is 63.1 Å². The summed E-state index contributed by atoms with van der Waals surface area (Å²) in [5.41, 5.74) is 8.68. The molecule has 0 spiro atoms. The summed E-state index contributed by atoms with van der Waals surface area (Å²) in [6, 6.07) is 14.0. The molecule has 0 amide bonds. The molecule has 11 heteroatoms. The molecule has 3 saturated heterocycles. The Balaban J connectivity index is 1.12. The van der Waals surface area contributed by atoms with E-state index < -0.39 is 5.54 Å². The number of fused-ring (bicyclic) bond motifs is 1. The minimum absolute atomic E-state index is 0.000844. The lowest BCUT2D eigenvalue weighted by molar-refractivity contribution is -0.0722. The lowest BCUT2D eigenvalue weighted by Gasteiger charge is -2.37. The van der Waals surface area contributed by atoms with Gasteiger partial charge in [-0.2, -0.15) is 10.1 Å². The van der Waals surface area contributed by atoms with Crippen molar-refractivity contribution in [3.63, 3.8) is 0 Å². The van der Waals surface area contributed by atoms with Gasteiger partial charge in [0.1, 0.15) is 12.4 Å². The zero-order chi connectivity index (χ0) is 26.9. The van der Waals surface area contributed by atoms with Crippen molar-refractivity contribution in [3.05, 3.63) is 48.7 Å². The molecule has 11 nitrogen and oxygen atoms in total. The number of nitrogens with zero attached hydrogens (tertiary/aromatic N) is 5. The molecule has 0 radical (unpaired) electrons. The molecule has 7 rings (SSSR count). The molecule has 3 fully saturated rings. The number of rotatable bonds is 8. The van der Waals surface area contributed by atoms with Gasteiger partial charge in [0.25, 0.3) is 0 Å². The minimum Gasteiger partial charge on any atom is -0.491 e. The van der Waals surface area contributed by atoms with Crippen molar-refractivity contribution in [2.45, 2.75) is 56.5 Å². The van der Waals surface area contributed by atoms with E-state index in [0.717, 1.165) is 85.5 Å². The van der Waals surface area contributed by atoms with Gasteiger partial charge in [-0.15, -0.1) is 5.10 Å². The first-order valence-corrected chi connectivity index (χ1v) is 14.2. The Bertz CT molecular complexity index is 1450. The van der Waals surface area contributed by atoms with Gasteiger partial charge in [0, 0.05) is 29.9 Å². The van der Waals surface area contributed by atoms with E-state index in [1.807, 2.05) is 45.9 Å². The van der Waals surface area contributed by atoms with Crippen molar-refractivity contribution in [2.24, 2.45) is 5.73 Å². The van der Waals surface area contributed by atoms with Crippen LogP contribution in [-0.2, 0) is 14.2 Å². The number of benzene rings is 2. The van der Waals surface area contributed by atoms with Crippen LogP contribution < -0.4 is 15.8 Å². The van der Waals surface area contributed by atoms with Crippen LogP contribution in [0.5, 0.6) is 5.75 Å². The van der Waals surface area contributed by atoms with Gasteiger partial charge in [-0.25, -0.2) is 9.36 Å². The highest BCUT2D eigenvalue weighted by Gasteiger charge is 2.35. The molecule has 0 saturated carbocycles. The van der Waals surface area contributed by atoms with E-state index in [9.17, 15) is 0 Å². The van der Waals surface area contributed by atoms with Gasteiger partial charge in [0.15, 0.2) is 18.3 Å². The van der Waals surface area contributed by atoms with Crippen molar-refractivity contribution in [1.29, 1.82) is 0 Å². The highest BCUT2D eigenvalue weighted by Crippen LogP contribution is 2.32. The third-order valence-corrected chi connectivity index (χ3v) is 7.76. The van der Waals surface area contributed by atoms with Gasteiger partial charge in [-0.3, -0.25) is 0 Å². The minimum atomic E-state index is -0.400. The Labute approximate surface area is 232 Å². The fraction of sp³-hybridized carbons (Fsp3) is 0.483. The Kier molecular flexibility index (Phi) is 6.88. The number of hydrogen-bond acceptors (Lipinski definition) is 9. The maximum Gasteiger partial charge on any atom is 0.247 e. The van der Waals surface area contributed by atoms with E-state index in [0.29, 0.717) is 25.8 Å². The van der Waals surface area contributed by atoms with Crippen LogP contribution in [0.15, 0.2) is 48.7 Å². The topological polar surface area (TPSA) is 124 Å². The van der Waals surface area contributed by atoms with Crippen LogP contribution >= 0.6 is 0 Å². The fourth-order valence-electron chi connectivity index (χ4n) is 5.47. The first-order valence-electron chi connectivity index (χ1n) is 14.2. The zero-order valence-corrected chi connectivity index (χ0v) is 22.5. The summed E-state index contributed by atoms with van der Waals surface area (Å²) < 4.78 is 27.0. The van der Waals surface area contributed by atoms with Gasteiger partial charge in [-0.1, -0.05) is 0 Å². The van der Waals surface area contributed by atoms with Crippen LogP contribution in [0.1, 0.15) is 51.0 Å². The normalized spacial score (nSPS) is 22.6. The third kappa shape index (κ3) is 5.17. The summed E-state index contributed by atoms with van der Waals surface area (Å²) in [4.78, 5) is 4.89. The second kappa shape index (κ2) is 10.8. The van der Waals surface area contributed by atoms with Gasteiger partial charge in [0.2, 0.25) is 5.95 Å². The largest absolute Gasteiger partial charge is 0.491 e. The monoisotopic (exact) mass is 545 g/mol. The van der Waals surface area contributed by atoms with E-state index >= 15 is 0 Å². The van der Waals surface area contributed by atoms with Crippen LogP contribution in [0.2, 0.25) is 0 Å². The Morgan fingerprint density at radius 1 is 0.950 bits per heavy atom. The Morgan fingerprint density at radius 2 is 1.70 bits per heavy atom. The van der Waals surface area contributed by atoms with E-state index in [2.05, 4.69) is 22.5 Å². The average Bonchev–Trinajstić information content (AvgIpc) is 3.61. The lowest BCUT2D eigenvalue weighted by atomic mass is 10.0. The molecule has 3 aliphatic heterocycles. The average molecular weight is 546 g/mol. The van der Waals surface area contributed by atoms with Gasteiger partial charge >= 0.3 is 0 Å². The molecule has 5 heterocycles. The number of anilines is 2. The molecule has 2 aromatic heterocycles. The molecule has 2 unspecified atom stereocenters. The summed E-state index contributed by atoms with van der Waals surface area (Å²) in [5, 5.41) is 13.9. The van der Waals surface area contributed by atoms with Crippen molar-refractivity contribution in [1.82, 2.24) is 24.5 Å². The van der Waals surface area contributed by atoms with Crippen molar-refractivity contribution < 1.29 is 18.9 Å². The van der Waals surface area contributed by atoms with Crippen LogP contribution in [0.4, 0.5) is 11.6 Å². The number of nitrogens with two attached hydrogens (primary N) is 1. The molecule has 3 N–H and O–H groups in total. The highest BCUT2D eigenvalue weighted by atomic mass is 16.5. The molecule has 0 bridgehead atoms. The number of ether oxygens (including phenoxy) is 4. The standard InChI is InChI=1S/C29H35N7O4/c30-29(17-37-18-29)19-40-23-10-7-20(8-11-23)27-33-28(34-36(27)26-6-2-4-14-39-26)32-22-9-12-24-21(15-22)16-31-35(24)25-5-1-3-13-38-25/h7-12,15-16,25-26H,1-6,13-14,17-19,30H2,(H,32,34).